The fourth-order valence-electron chi connectivity index (χ4n) is 3.45. The third-order valence-electron chi connectivity index (χ3n) is 5.07. The summed E-state index contributed by atoms with van der Waals surface area (Å²) in [7, 11) is 0. The summed E-state index contributed by atoms with van der Waals surface area (Å²) < 4.78 is 13.3. The van der Waals surface area contributed by atoms with Gasteiger partial charge in [0.25, 0.3) is 0 Å². The first-order valence-corrected chi connectivity index (χ1v) is 8.85. The molecule has 24 heavy (non-hydrogen) atoms. The first kappa shape index (κ1) is 17.2. The lowest BCUT2D eigenvalue weighted by Crippen LogP contribution is -2.50. The quantitative estimate of drug-likeness (QED) is 0.786. The van der Waals surface area contributed by atoms with Gasteiger partial charge in [-0.15, -0.1) is 0 Å². The molecular weight excluding hydrogens is 307 g/mol. The highest BCUT2D eigenvalue weighted by Gasteiger charge is 2.32. The predicted molar refractivity (Wildman–Crippen MR) is 93.1 cm³/mol. The number of benzene rings is 1. The van der Waals surface area contributed by atoms with Crippen molar-refractivity contribution in [3.63, 3.8) is 0 Å². The van der Waals surface area contributed by atoms with E-state index in [-0.39, 0.29) is 23.8 Å². The maximum absolute atomic E-state index is 13.3. The van der Waals surface area contributed by atoms with Gasteiger partial charge >= 0.3 is 0 Å². The van der Waals surface area contributed by atoms with Crippen LogP contribution >= 0.6 is 0 Å². The third kappa shape index (κ3) is 4.05. The van der Waals surface area contributed by atoms with Crippen LogP contribution in [0.1, 0.15) is 33.1 Å². The van der Waals surface area contributed by atoms with Crippen molar-refractivity contribution in [3.05, 3.63) is 30.1 Å². The molecule has 0 aromatic heterocycles. The van der Waals surface area contributed by atoms with Crippen molar-refractivity contribution in [1.29, 1.82) is 0 Å². The minimum Gasteiger partial charge on any atom is -0.371 e. The van der Waals surface area contributed by atoms with Gasteiger partial charge in [-0.05, 0) is 43.4 Å². The van der Waals surface area contributed by atoms with E-state index in [4.69, 9.17) is 0 Å². The molecule has 3 rings (SSSR count). The topological polar surface area (TPSA) is 56.4 Å². The fraction of sp³-hybridized carbons (Fsp3) is 0.611. The molecule has 6 heteroatoms. The Bertz CT molecular complexity index is 572. The predicted octanol–water partition coefficient (Wildman–Crippen LogP) is 1.80. The smallest absolute Gasteiger partial charge is 0.238 e. The van der Waals surface area contributed by atoms with Crippen LogP contribution in [0.25, 0.3) is 0 Å². The zero-order chi connectivity index (χ0) is 17.1. The van der Waals surface area contributed by atoms with Crippen molar-refractivity contribution in [2.24, 2.45) is 5.92 Å². The highest BCUT2D eigenvalue weighted by molar-refractivity contribution is 5.82. The van der Waals surface area contributed by atoms with Gasteiger partial charge in [0.1, 0.15) is 11.9 Å². The van der Waals surface area contributed by atoms with Gasteiger partial charge in [-0.25, -0.2) is 9.82 Å². The SMILES string of the molecule is CC(C)C1CC(C(=O)NC2CCN(c3cccc(F)c3)CC2)NN1. The molecule has 1 aromatic rings. The number of hydrogen-bond acceptors (Lipinski definition) is 4. The molecule has 2 unspecified atom stereocenters. The molecule has 2 fully saturated rings. The molecule has 2 heterocycles. The summed E-state index contributed by atoms with van der Waals surface area (Å²) in [4.78, 5) is 14.6. The van der Waals surface area contributed by atoms with E-state index in [1.54, 1.807) is 12.1 Å². The highest BCUT2D eigenvalue weighted by atomic mass is 19.1. The molecule has 2 atom stereocenters. The van der Waals surface area contributed by atoms with E-state index in [2.05, 4.69) is 34.9 Å². The van der Waals surface area contributed by atoms with E-state index in [1.807, 2.05) is 6.07 Å². The Morgan fingerprint density at radius 3 is 2.67 bits per heavy atom. The van der Waals surface area contributed by atoms with Crippen molar-refractivity contribution >= 4 is 11.6 Å². The van der Waals surface area contributed by atoms with E-state index in [0.717, 1.165) is 38.0 Å². The zero-order valence-electron chi connectivity index (χ0n) is 14.4. The summed E-state index contributed by atoms with van der Waals surface area (Å²) >= 11 is 0. The van der Waals surface area contributed by atoms with Crippen LogP contribution in [0.5, 0.6) is 0 Å². The van der Waals surface area contributed by atoms with Crippen LogP contribution in [0.3, 0.4) is 0 Å². The Morgan fingerprint density at radius 2 is 2.04 bits per heavy atom. The molecule has 3 N–H and O–H groups in total. The molecule has 0 spiro atoms. The number of halogens is 1. The van der Waals surface area contributed by atoms with E-state index in [9.17, 15) is 9.18 Å². The molecule has 1 amide bonds. The van der Waals surface area contributed by atoms with E-state index >= 15 is 0 Å². The van der Waals surface area contributed by atoms with E-state index < -0.39 is 0 Å². The molecule has 0 bridgehead atoms. The number of rotatable bonds is 4. The van der Waals surface area contributed by atoms with Crippen LogP contribution in [-0.4, -0.2) is 37.1 Å². The summed E-state index contributed by atoms with van der Waals surface area (Å²) in [6.07, 6.45) is 2.59. The van der Waals surface area contributed by atoms with Gasteiger partial charge in [0.2, 0.25) is 5.91 Å². The Labute approximate surface area is 143 Å². The second-order valence-corrected chi connectivity index (χ2v) is 7.18. The first-order chi connectivity index (χ1) is 11.5. The normalized spacial score (nSPS) is 25.2. The second kappa shape index (κ2) is 7.49. The number of hydrogen-bond donors (Lipinski definition) is 3. The Morgan fingerprint density at radius 1 is 1.29 bits per heavy atom. The Hall–Kier alpha value is -1.66. The average molecular weight is 334 g/mol. The van der Waals surface area contributed by atoms with Gasteiger partial charge in [-0.2, -0.15) is 0 Å². The number of nitrogens with one attached hydrogen (secondary N) is 3. The lowest BCUT2D eigenvalue weighted by Gasteiger charge is -2.34. The molecule has 0 radical (unpaired) electrons. The number of amides is 1. The van der Waals surface area contributed by atoms with Crippen LogP contribution < -0.4 is 21.1 Å². The number of piperidine rings is 1. The van der Waals surface area contributed by atoms with Crippen LogP contribution in [0.15, 0.2) is 24.3 Å². The van der Waals surface area contributed by atoms with Gasteiger partial charge < -0.3 is 10.2 Å². The van der Waals surface area contributed by atoms with E-state index in [1.165, 1.54) is 6.07 Å². The summed E-state index contributed by atoms with van der Waals surface area (Å²) in [6.45, 7) is 5.97. The average Bonchev–Trinajstić information content (AvgIpc) is 3.06. The Balaban J connectivity index is 1.46. The summed E-state index contributed by atoms with van der Waals surface area (Å²) in [5.74, 6) is 0.377. The minimum absolute atomic E-state index is 0.0786. The molecule has 132 valence electrons. The summed E-state index contributed by atoms with van der Waals surface area (Å²) in [5, 5.41) is 3.16. The minimum atomic E-state index is -0.206. The molecule has 2 saturated heterocycles. The van der Waals surface area contributed by atoms with Crippen LogP contribution in [-0.2, 0) is 4.79 Å². The fourth-order valence-corrected chi connectivity index (χ4v) is 3.45. The standard InChI is InChI=1S/C18H27FN4O/c1-12(2)16-11-17(22-21-16)18(24)20-14-6-8-23(9-7-14)15-5-3-4-13(19)10-15/h3-5,10,12,14,16-17,21-22H,6-9,11H2,1-2H3,(H,20,24). The second-order valence-electron chi connectivity index (χ2n) is 7.18. The van der Waals surface area contributed by atoms with Crippen molar-refractivity contribution in [2.45, 2.75) is 51.2 Å². The number of carbonyl (C=O) groups excluding carboxylic acids is 1. The molecule has 2 aliphatic heterocycles. The first-order valence-electron chi connectivity index (χ1n) is 8.85. The van der Waals surface area contributed by atoms with Gasteiger partial charge in [-0.3, -0.25) is 10.2 Å². The third-order valence-corrected chi connectivity index (χ3v) is 5.07. The van der Waals surface area contributed by atoms with Crippen LogP contribution in [0.2, 0.25) is 0 Å². The maximum atomic E-state index is 13.3. The van der Waals surface area contributed by atoms with Crippen molar-refractivity contribution in [3.8, 4) is 0 Å². The highest BCUT2D eigenvalue weighted by Crippen LogP contribution is 2.21. The zero-order valence-corrected chi connectivity index (χ0v) is 14.4. The monoisotopic (exact) mass is 334 g/mol. The van der Waals surface area contributed by atoms with Gasteiger partial charge in [0, 0.05) is 30.9 Å². The maximum Gasteiger partial charge on any atom is 0.238 e. The van der Waals surface area contributed by atoms with Gasteiger partial charge in [0.05, 0.1) is 0 Å². The van der Waals surface area contributed by atoms with Gasteiger partial charge in [0.15, 0.2) is 0 Å². The Kier molecular flexibility index (Phi) is 5.36. The van der Waals surface area contributed by atoms with E-state index in [0.29, 0.717) is 12.0 Å². The van der Waals surface area contributed by atoms with Crippen LogP contribution in [0.4, 0.5) is 10.1 Å². The molecule has 2 aliphatic rings. The van der Waals surface area contributed by atoms with Crippen molar-refractivity contribution in [2.75, 3.05) is 18.0 Å². The summed E-state index contributed by atoms with van der Waals surface area (Å²) in [5.41, 5.74) is 7.23. The number of carbonyl (C=O) groups is 1. The number of nitrogens with zero attached hydrogens (tertiary/aromatic N) is 1. The molecule has 1 aromatic carbocycles. The number of anilines is 1. The summed E-state index contributed by atoms with van der Waals surface area (Å²) in [6, 6.07) is 7.09. The largest absolute Gasteiger partial charge is 0.371 e. The molecule has 5 nitrogen and oxygen atoms in total. The lowest BCUT2D eigenvalue weighted by atomic mass is 9.98. The lowest BCUT2D eigenvalue weighted by molar-refractivity contribution is -0.123. The molecular formula is C18H27FN4O. The van der Waals surface area contributed by atoms with Crippen molar-refractivity contribution in [1.82, 2.24) is 16.2 Å². The van der Waals surface area contributed by atoms with Crippen molar-refractivity contribution < 1.29 is 9.18 Å². The van der Waals surface area contributed by atoms with Crippen LogP contribution in [0, 0.1) is 11.7 Å². The molecule has 0 aliphatic carbocycles. The molecule has 0 saturated carbocycles. The number of hydrazine groups is 1. The van der Waals surface area contributed by atoms with Gasteiger partial charge in [-0.1, -0.05) is 19.9 Å².